The summed E-state index contributed by atoms with van der Waals surface area (Å²) in [6.45, 7) is 4.41. The molecular weight excluding hydrogens is 408 g/mol. The largest absolute Gasteiger partial charge is 0.490 e. The fraction of sp³-hybridized carbons (Fsp3) is 0.440. The smallest absolute Gasteiger partial charge is 0.328 e. The van der Waals surface area contributed by atoms with Crippen molar-refractivity contribution >= 4 is 11.9 Å². The highest BCUT2D eigenvalue weighted by Gasteiger charge is 2.27. The Morgan fingerprint density at radius 1 is 1.06 bits per heavy atom. The van der Waals surface area contributed by atoms with E-state index >= 15 is 0 Å². The second-order valence-corrected chi connectivity index (χ2v) is 8.62. The Hall–Kier alpha value is -3.06. The molecule has 3 N–H and O–H groups in total. The molecule has 2 aromatic rings. The molecule has 1 aromatic heterocycles. The normalized spacial score (nSPS) is 19.5. The highest BCUT2D eigenvalue weighted by Crippen LogP contribution is 2.40. The third-order valence-electron chi connectivity index (χ3n) is 6.41. The number of aromatic nitrogens is 1. The maximum absolute atomic E-state index is 9.55. The van der Waals surface area contributed by atoms with Crippen LogP contribution in [-0.4, -0.2) is 39.4 Å². The van der Waals surface area contributed by atoms with E-state index in [0.29, 0.717) is 24.3 Å². The van der Waals surface area contributed by atoms with Crippen LogP contribution in [0.15, 0.2) is 36.4 Å². The van der Waals surface area contributed by atoms with E-state index in [1.165, 1.54) is 53.8 Å². The first kappa shape index (κ1) is 22.1. The van der Waals surface area contributed by atoms with Gasteiger partial charge in [0.2, 0.25) is 0 Å². The van der Waals surface area contributed by atoms with Gasteiger partial charge in [0.1, 0.15) is 5.75 Å². The van der Waals surface area contributed by atoms with Gasteiger partial charge < -0.3 is 24.8 Å². The summed E-state index contributed by atoms with van der Waals surface area (Å²) in [5.41, 5.74) is 7.33. The molecule has 0 saturated heterocycles. The number of nitrogens with one attached hydrogen (secondary N) is 1. The van der Waals surface area contributed by atoms with Crippen LogP contribution in [0.1, 0.15) is 55.5 Å². The molecule has 1 fully saturated rings. The van der Waals surface area contributed by atoms with Gasteiger partial charge in [0, 0.05) is 42.5 Å². The number of aliphatic carboxylic acids is 2. The number of carboxylic acids is 2. The minimum atomic E-state index is -1.26. The number of hydrogen-bond acceptors (Lipinski definition) is 4. The van der Waals surface area contributed by atoms with Crippen LogP contribution in [0.3, 0.4) is 0 Å². The molecule has 7 nitrogen and oxygen atoms in total. The van der Waals surface area contributed by atoms with Crippen molar-refractivity contribution in [2.45, 2.75) is 64.1 Å². The summed E-state index contributed by atoms with van der Waals surface area (Å²) in [5.74, 6) is -1.44. The van der Waals surface area contributed by atoms with Crippen molar-refractivity contribution < 1.29 is 24.5 Å². The average molecular weight is 439 g/mol. The summed E-state index contributed by atoms with van der Waals surface area (Å²) < 4.78 is 8.77. The van der Waals surface area contributed by atoms with Gasteiger partial charge in [0.15, 0.2) is 0 Å². The minimum absolute atomic E-state index is 0.440. The highest BCUT2D eigenvalue weighted by atomic mass is 16.5. The van der Waals surface area contributed by atoms with Crippen molar-refractivity contribution in [1.82, 2.24) is 9.88 Å². The molecule has 1 unspecified atom stereocenters. The Morgan fingerprint density at radius 3 is 2.44 bits per heavy atom. The summed E-state index contributed by atoms with van der Waals surface area (Å²) >= 11 is 0. The summed E-state index contributed by atoms with van der Waals surface area (Å²) in [7, 11) is 0. The van der Waals surface area contributed by atoms with Gasteiger partial charge in [-0.3, -0.25) is 0 Å². The maximum Gasteiger partial charge on any atom is 0.328 e. The quantitative estimate of drug-likeness (QED) is 0.625. The molecule has 1 aliphatic heterocycles. The van der Waals surface area contributed by atoms with Crippen molar-refractivity contribution in [3.63, 3.8) is 0 Å². The third-order valence-corrected chi connectivity index (χ3v) is 6.41. The van der Waals surface area contributed by atoms with E-state index in [1.807, 2.05) is 0 Å². The Morgan fingerprint density at radius 2 is 1.75 bits per heavy atom. The van der Waals surface area contributed by atoms with Gasteiger partial charge in [-0.05, 0) is 80.8 Å². The van der Waals surface area contributed by atoms with E-state index in [1.54, 1.807) is 0 Å². The van der Waals surface area contributed by atoms with Crippen LogP contribution >= 0.6 is 0 Å². The molecule has 7 heteroatoms. The van der Waals surface area contributed by atoms with E-state index in [0.717, 1.165) is 31.7 Å². The summed E-state index contributed by atoms with van der Waals surface area (Å²) in [6, 6.07) is 9.69. The van der Waals surface area contributed by atoms with Crippen LogP contribution < -0.4 is 10.1 Å². The van der Waals surface area contributed by atoms with E-state index in [2.05, 4.69) is 41.1 Å². The van der Waals surface area contributed by atoms with Crippen LogP contribution in [0, 0.1) is 0 Å². The number of carbonyl (C=O) groups is 2. The van der Waals surface area contributed by atoms with Crippen molar-refractivity contribution in [3.05, 3.63) is 53.2 Å². The Balaban J connectivity index is 0.000000265. The van der Waals surface area contributed by atoms with E-state index in [4.69, 9.17) is 14.9 Å². The lowest BCUT2D eigenvalue weighted by Gasteiger charge is -2.27. The molecule has 5 rings (SSSR count). The summed E-state index contributed by atoms with van der Waals surface area (Å²) in [4.78, 5) is 19.1. The zero-order valence-electron chi connectivity index (χ0n) is 18.3. The average Bonchev–Trinajstić information content (AvgIpc) is 3.41. The Kier molecular flexibility index (Phi) is 6.65. The Bertz CT molecular complexity index is 1020. The first-order valence-electron chi connectivity index (χ1n) is 11.3. The van der Waals surface area contributed by atoms with Gasteiger partial charge in [0.05, 0.1) is 11.8 Å². The van der Waals surface area contributed by atoms with Gasteiger partial charge in [-0.15, -0.1) is 0 Å². The van der Waals surface area contributed by atoms with Gasteiger partial charge in [0.25, 0.3) is 0 Å². The molecular formula is C25H30N2O5. The molecule has 2 aliphatic carbocycles. The highest BCUT2D eigenvalue weighted by molar-refractivity contribution is 5.89. The molecule has 2 heterocycles. The molecule has 1 aromatic carbocycles. The van der Waals surface area contributed by atoms with Crippen LogP contribution in [0.2, 0.25) is 0 Å². The van der Waals surface area contributed by atoms with Crippen molar-refractivity contribution in [1.29, 1.82) is 0 Å². The minimum Gasteiger partial charge on any atom is -0.490 e. The third kappa shape index (κ3) is 4.88. The first-order chi connectivity index (χ1) is 15.4. The number of nitrogens with zero attached hydrogens (tertiary/aromatic N) is 1. The zero-order valence-corrected chi connectivity index (χ0v) is 18.3. The van der Waals surface area contributed by atoms with Gasteiger partial charge in [-0.1, -0.05) is 0 Å². The van der Waals surface area contributed by atoms with Crippen LogP contribution in [0.5, 0.6) is 5.75 Å². The number of aryl methyl sites for hydroxylation is 2. The van der Waals surface area contributed by atoms with E-state index in [-0.39, 0.29) is 0 Å². The molecule has 0 radical (unpaired) electrons. The second-order valence-electron chi connectivity index (χ2n) is 8.62. The fourth-order valence-corrected chi connectivity index (χ4v) is 4.93. The van der Waals surface area contributed by atoms with E-state index < -0.39 is 11.9 Å². The van der Waals surface area contributed by atoms with Gasteiger partial charge >= 0.3 is 11.9 Å². The lowest BCUT2D eigenvalue weighted by molar-refractivity contribution is -0.134. The molecule has 3 aliphatic rings. The number of fused-ring (bicyclic) bond motifs is 5. The molecule has 32 heavy (non-hydrogen) atoms. The van der Waals surface area contributed by atoms with Crippen LogP contribution in [0.25, 0.3) is 11.3 Å². The fourth-order valence-electron chi connectivity index (χ4n) is 4.93. The monoisotopic (exact) mass is 438 g/mol. The predicted octanol–water partition coefficient (Wildman–Crippen LogP) is 3.95. The second kappa shape index (κ2) is 9.61. The number of carboxylic acid groups (broad SMARTS) is 2. The molecule has 1 saturated carbocycles. The van der Waals surface area contributed by atoms with Crippen LogP contribution in [-0.2, 0) is 29.0 Å². The number of benzene rings is 1. The molecule has 0 amide bonds. The van der Waals surface area contributed by atoms with Crippen LogP contribution in [0.4, 0.5) is 0 Å². The summed E-state index contributed by atoms with van der Waals surface area (Å²) in [5, 5.41) is 19.2. The lowest BCUT2D eigenvalue weighted by atomic mass is 9.90. The Labute approximate surface area is 187 Å². The maximum atomic E-state index is 9.55. The first-order valence-corrected chi connectivity index (χ1v) is 11.3. The molecule has 0 spiro atoms. The lowest BCUT2D eigenvalue weighted by Crippen LogP contribution is -2.31. The zero-order chi connectivity index (χ0) is 22.7. The number of rotatable bonds is 4. The predicted molar refractivity (Wildman–Crippen MR) is 121 cm³/mol. The molecule has 1 atom stereocenters. The van der Waals surface area contributed by atoms with Crippen molar-refractivity contribution in [2.24, 2.45) is 0 Å². The molecule has 0 bridgehead atoms. The standard InChI is InChI=1S/C21H26N2O.C4H4O4/c1-14-20-13-16-7-6-15-12-18(24-17-4-2-3-5-17)8-9-19(15)21(16)23(20)11-10-22-14;5-3(6)1-2-4(7)8/h8-9,12-14,17,22H,2-7,10-11H2,1H3;1-2H,(H,5,6)(H,7,8)/b;2-1+. The summed E-state index contributed by atoms with van der Waals surface area (Å²) in [6.07, 6.45) is 8.93. The van der Waals surface area contributed by atoms with E-state index in [9.17, 15) is 9.59 Å². The topological polar surface area (TPSA) is 101 Å². The van der Waals surface area contributed by atoms with Gasteiger partial charge in [-0.2, -0.15) is 0 Å². The SMILES string of the molecule is CC1NCCn2c1cc1c2-c2ccc(OC3CCCC3)cc2CC1.O=C(O)/C=C/C(=O)O. The number of hydrogen-bond donors (Lipinski definition) is 3. The van der Waals surface area contributed by atoms with Crippen molar-refractivity contribution in [2.75, 3.05) is 6.54 Å². The number of ether oxygens (including phenoxy) is 1. The van der Waals surface area contributed by atoms with Crippen molar-refractivity contribution in [3.8, 4) is 17.0 Å². The molecule has 170 valence electrons. The van der Waals surface area contributed by atoms with Gasteiger partial charge in [-0.25, -0.2) is 9.59 Å².